The Kier molecular flexibility index (Phi) is 8.54. The van der Waals surface area contributed by atoms with Crippen LogP contribution in [0.3, 0.4) is 0 Å². The fourth-order valence-electron chi connectivity index (χ4n) is 1.70. The van der Waals surface area contributed by atoms with Crippen molar-refractivity contribution in [3.63, 3.8) is 0 Å². The summed E-state index contributed by atoms with van der Waals surface area (Å²) in [4.78, 5) is 22.2. The van der Waals surface area contributed by atoms with Gasteiger partial charge in [0, 0.05) is 31.1 Å². The van der Waals surface area contributed by atoms with E-state index in [2.05, 4.69) is 5.32 Å². The Labute approximate surface area is 129 Å². The van der Waals surface area contributed by atoms with Crippen LogP contribution in [-0.2, 0) is 20.1 Å². The van der Waals surface area contributed by atoms with Crippen LogP contribution >= 0.6 is 11.8 Å². The molecule has 0 saturated heterocycles. The standard InChI is InChI=1S/C15H21NO4S/c1-2-20-8-4-7-14(17)16-13-6-3-5-12(9-13)10-21-11-15(18)19/h3,5-6,9H,2,4,7-8,10-11H2,1H3,(H,16,17)(H,18,19). The van der Waals surface area contributed by atoms with Crippen molar-refractivity contribution >= 4 is 29.3 Å². The zero-order valence-electron chi connectivity index (χ0n) is 12.1. The molecule has 0 atom stereocenters. The van der Waals surface area contributed by atoms with Crippen LogP contribution in [0, 0.1) is 0 Å². The number of ether oxygens (including phenoxy) is 1. The summed E-state index contributed by atoms with van der Waals surface area (Å²) >= 11 is 1.33. The summed E-state index contributed by atoms with van der Waals surface area (Å²) in [6, 6.07) is 7.47. The molecule has 2 N–H and O–H groups in total. The quantitative estimate of drug-likeness (QED) is 0.650. The molecule has 0 aliphatic rings. The summed E-state index contributed by atoms with van der Waals surface area (Å²) in [5.74, 6) is -0.169. The minimum atomic E-state index is -0.821. The predicted octanol–water partition coefficient (Wildman–Crippen LogP) is 2.76. The van der Waals surface area contributed by atoms with Gasteiger partial charge in [0.25, 0.3) is 0 Å². The van der Waals surface area contributed by atoms with Gasteiger partial charge in [0.2, 0.25) is 5.91 Å². The van der Waals surface area contributed by atoms with E-state index >= 15 is 0 Å². The number of nitrogens with one attached hydrogen (secondary N) is 1. The highest BCUT2D eigenvalue weighted by atomic mass is 32.2. The topological polar surface area (TPSA) is 75.6 Å². The third kappa shape index (κ3) is 8.37. The normalized spacial score (nSPS) is 10.3. The molecule has 116 valence electrons. The first-order valence-electron chi connectivity index (χ1n) is 6.88. The Morgan fingerprint density at radius 3 is 2.90 bits per heavy atom. The summed E-state index contributed by atoms with van der Waals surface area (Å²) in [7, 11) is 0. The number of amides is 1. The highest BCUT2D eigenvalue weighted by molar-refractivity contribution is 7.99. The maximum absolute atomic E-state index is 11.7. The number of aliphatic carboxylic acids is 1. The lowest BCUT2D eigenvalue weighted by atomic mass is 10.2. The molecule has 0 radical (unpaired) electrons. The number of carboxylic acid groups (broad SMARTS) is 1. The molecule has 0 saturated carbocycles. The minimum absolute atomic E-state index is 0.0370. The van der Waals surface area contributed by atoms with Gasteiger partial charge in [-0.25, -0.2) is 0 Å². The number of hydrogen-bond acceptors (Lipinski definition) is 4. The van der Waals surface area contributed by atoms with Gasteiger partial charge in [-0.15, -0.1) is 11.8 Å². The second kappa shape index (κ2) is 10.2. The van der Waals surface area contributed by atoms with Gasteiger partial charge in [-0.05, 0) is 31.0 Å². The summed E-state index contributed by atoms with van der Waals surface area (Å²) in [5.41, 5.74) is 1.73. The lowest BCUT2D eigenvalue weighted by Crippen LogP contribution is -2.12. The predicted molar refractivity (Wildman–Crippen MR) is 84.6 cm³/mol. The van der Waals surface area contributed by atoms with Crippen molar-refractivity contribution in [3.8, 4) is 0 Å². The van der Waals surface area contributed by atoms with Gasteiger partial charge in [-0.1, -0.05) is 12.1 Å². The highest BCUT2D eigenvalue weighted by Crippen LogP contribution is 2.16. The van der Waals surface area contributed by atoms with Gasteiger partial charge in [0.1, 0.15) is 0 Å². The van der Waals surface area contributed by atoms with E-state index in [1.54, 1.807) is 0 Å². The Morgan fingerprint density at radius 1 is 1.38 bits per heavy atom. The van der Waals surface area contributed by atoms with Gasteiger partial charge in [-0.2, -0.15) is 0 Å². The first-order valence-corrected chi connectivity index (χ1v) is 8.03. The first-order chi connectivity index (χ1) is 10.1. The van der Waals surface area contributed by atoms with E-state index in [1.807, 2.05) is 31.2 Å². The number of carbonyl (C=O) groups is 2. The summed E-state index contributed by atoms with van der Waals surface area (Å²) in [6.45, 7) is 3.18. The molecule has 21 heavy (non-hydrogen) atoms. The molecule has 0 heterocycles. The maximum atomic E-state index is 11.7. The Morgan fingerprint density at radius 2 is 2.19 bits per heavy atom. The fraction of sp³-hybridized carbons (Fsp3) is 0.467. The van der Waals surface area contributed by atoms with Crippen LogP contribution in [0.2, 0.25) is 0 Å². The van der Waals surface area contributed by atoms with Crippen molar-refractivity contribution in [1.29, 1.82) is 0 Å². The second-order valence-electron chi connectivity index (χ2n) is 4.44. The van der Waals surface area contributed by atoms with Crippen molar-refractivity contribution in [3.05, 3.63) is 29.8 Å². The molecule has 0 unspecified atom stereocenters. The molecule has 0 bridgehead atoms. The van der Waals surface area contributed by atoms with Gasteiger partial charge >= 0.3 is 5.97 Å². The highest BCUT2D eigenvalue weighted by Gasteiger charge is 2.04. The molecule has 0 aromatic heterocycles. The number of benzene rings is 1. The van der Waals surface area contributed by atoms with Crippen LogP contribution in [0.4, 0.5) is 5.69 Å². The molecular formula is C15H21NO4S. The maximum Gasteiger partial charge on any atom is 0.313 e. The summed E-state index contributed by atoms with van der Waals surface area (Å²) in [5, 5.41) is 11.4. The van der Waals surface area contributed by atoms with Crippen LogP contribution in [0.1, 0.15) is 25.3 Å². The molecule has 0 spiro atoms. The van der Waals surface area contributed by atoms with Crippen molar-refractivity contribution in [2.45, 2.75) is 25.5 Å². The van der Waals surface area contributed by atoms with Crippen LogP contribution in [0.5, 0.6) is 0 Å². The number of rotatable bonds is 10. The zero-order chi connectivity index (χ0) is 15.5. The monoisotopic (exact) mass is 311 g/mol. The van der Waals surface area contributed by atoms with Crippen molar-refractivity contribution in [1.82, 2.24) is 0 Å². The number of carbonyl (C=O) groups excluding carboxylic acids is 1. The van der Waals surface area contributed by atoms with Crippen molar-refractivity contribution < 1.29 is 19.4 Å². The molecule has 0 aliphatic carbocycles. The number of thioether (sulfide) groups is 1. The number of hydrogen-bond donors (Lipinski definition) is 2. The van der Waals surface area contributed by atoms with Gasteiger partial charge in [0.15, 0.2) is 0 Å². The van der Waals surface area contributed by atoms with E-state index in [-0.39, 0.29) is 11.7 Å². The fourth-order valence-corrected chi connectivity index (χ4v) is 2.39. The lowest BCUT2D eigenvalue weighted by molar-refractivity contribution is -0.133. The van der Waals surface area contributed by atoms with Gasteiger partial charge in [0.05, 0.1) is 5.75 Å². The molecule has 1 amide bonds. The molecule has 1 aromatic carbocycles. The van der Waals surface area contributed by atoms with Crippen molar-refractivity contribution in [2.24, 2.45) is 0 Å². The molecule has 1 aromatic rings. The van der Waals surface area contributed by atoms with E-state index < -0.39 is 5.97 Å². The van der Waals surface area contributed by atoms with Crippen molar-refractivity contribution in [2.75, 3.05) is 24.3 Å². The molecule has 0 aliphatic heterocycles. The summed E-state index contributed by atoms with van der Waals surface area (Å²) < 4.78 is 5.19. The molecular weight excluding hydrogens is 290 g/mol. The van der Waals surface area contributed by atoms with Gasteiger partial charge < -0.3 is 15.2 Å². The average molecular weight is 311 g/mol. The lowest BCUT2D eigenvalue weighted by Gasteiger charge is -2.07. The van der Waals surface area contributed by atoms with Gasteiger partial charge in [-0.3, -0.25) is 9.59 Å². The Bertz CT molecular complexity index is 465. The first kappa shape index (κ1) is 17.5. The Balaban J connectivity index is 2.37. The van der Waals surface area contributed by atoms with Crippen LogP contribution in [-0.4, -0.2) is 35.9 Å². The smallest absolute Gasteiger partial charge is 0.313 e. The van der Waals surface area contributed by atoms with E-state index in [4.69, 9.17) is 9.84 Å². The van der Waals surface area contributed by atoms with Crippen LogP contribution in [0.15, 0.2) is 24.3 Å². The average Bonchev–Trinajstić information content (AvgIpc) is 2.44. The van der Waals surface area contributed by atoms with E-state index in [0.717, 1.165) is 11.3 Å². The SMILES string of the molecule is CCOCCCC(=O)Nc1cccc(CSCC(=O)O)c1. The Hall–Kier alpha value is -1.53. The van der Waals surface area contributed by atoms with Crippen LogP contribution in [0.25, 0.3) is 0 Å². The number of carboxylic acids is 1. The molecule has 0 fully saturated rings. The van der Waals surface area contributed by atoms with Crippen LogP contribution < -0.4 is 5.32 Å². The minimum Gasteiger partial charge on any atom is -0.481 e. The largest absolute Gasteiger partial charge is 0.481 e. The molecule has 1 rings (SSSR count). The third-order valence-corrected chi connectivity index (χ3v) is 3.59. The third-order valence-electron chi connectivity index (χ3n) is 2.60. The summed E-state index contributed by atoms with van der Waals surface area (Å²) in [6.07, 6.45) is 1.13. The number of anilines is 1. The zero-order valence-corrected chi connectivity index (χ0v) is 12.9. The van der Waals surface area contributed by atoms with E-state index in [1.165, 1.54) is 11.8 Å². The second-order valence-corrected chi connectivity index (χ2v) is 5.42. The van der Waals surface area contributed by atoms with E-state index in [9.17, 15) is 9.59 Å². The van der Waals surface area contributed by atoms with E-state index in [0.29, 0.717) is 31.8 Å². The molecule has 6 heteroatoms. The molecule has 5 nitrogen and oxygen atoms in total.